The average molecular weight is 297 g/mol. The molecular weight excluding hydrogens is 282 g/mol. The molecule has 0 aliphatic carbocycles. The molecule has 0 fully saturated rings. The molecule has 0 saturated carbocycles. The van der Waals surface area contributed by atoms with Crippen molar-refractivity contribution in [1.82, 2.24) is 4.72 Å². The number of carbonyl (C=O) groups excluding carboxylic acids is 1. The summed E-state index contributed by atoms with van der Waals surface area (Å²) in [6.45, 7) is 1.03. The van der Waals surface area contributed by atoms with Crippen molar-refractivity contribution in [3.05, 3.63) is 0 Å². The number of aliphatic carboxylic acids is 2. The molecular formula is C9H15NO8S. The summed E-state index contributed by atoms with van der Waals surface area (Å²) in [6, 6.07) is -1.62. The molecule has 3 N–H and O–H groups in total. The van der Waals surface area contributed by atoms with Crippen molar-refractivity contribution < 1.29 is 37.8 Å². The van der Waals surface area contributed by atoms with Crippen molar-refractivity contribution in [2.24, 2.45) is 0 Å². The number of hydrogen-bond donors (Lipinski definition) is 3. The number of hydrogen-bond acceptors (Lipinski definition) is 6. The fraction of sp³-hybridized carbons (Fsp3) is 0.667. The van der Waals surface area contributed by atoms with Gasteiger partial charge < -0.3 is 14.9 Å². The Bertz CT molecular complexity index is 457. The normalized spacial score (nSPS) is 14.4. The summed E-state index contributed by atoms with van der Waals surface area (Å²) in [5, 5.41) is 15.6. The van der Waals surface area contributed by atoms with Gasteiger partial charge >= 0.3 is 17.9 Å². The van der Waals surface area contributed by atoms with Crippen LogP contribution in [0.5, 0.6) is 0 Å². The van der Waals surface area contributed by atoms with E-state index in [1.54, 1.807) is 4.72 Å². The second kappa shape index (κ2) is 7.04. The molecule has 2 atom stereocenters. The van der Waals surface area contributed by atoms with Gasteiger partial charge in [0, 0.05) is 6.42 Å². The first-order valence-electron chi connectivity index (χ1n) is 5.15. The highest BCUT2D eigenvalue weighted by atomic mass is 32.2. The number of rotatable bonds is 8. The van der Waals surface area contributed by atoms with Crippen LogP contribution < -0.4 is 4.72 Å². The van der Waals surface area contributed by atoms with Gasteiger partial charge in [0.1, 0.15) is 6.04 Å². The van der Waals surface area contributed by atoms with Crippen LogP contribution in [0.25, 0.3) is 0 Å². The Kier molecular flexibility index (Phi) is 6.42. The number of sulfonamides is 1. The van der Waals surface area contributed by atoms with E-state index in [1.165, 1.54) is 0 Å². The van der Waals surface area contributed by atoms with Crippen LogP contribution in [-0.2, 0) is 29.1 Å². The number of carboxylic acids is 2. The Morgan fingerprint density at radius 3 is 2.16 bits per heavy atom. The van der Waals surface area contributed by atoms with Crippen LogP contribution in [0.1, 0.15) is 19.8 Å². The predicted molar refractivity (Wildman–Crippen MR) is 61.8 cm³/mol. The summed E-state index contributed by atoms with van der Waals surface area (Å²) in [4.78, 5) is 32.2. The number of carboxylic acid groups (broad SMARTS) is 2. The molecule has 0 amide bonds. The maximum absolute atomic E-state index is 11.7. The van der Waals surface area contributed by atoms with Crippen LogP contribution in [0.3, 0.4) is 0 Å². The van der Waals surface area contributed by atoms with Gasteiger partial charge in [0.05, 0.1) is 7.11 Å². The molecule has 0 aliphatic rings. The standard InChI is InChI=1S/C9H15NO8S/c1-5(9(15)18-2)19(16,17)10-6(8(13)14)3-4-7(11)12/h5-6,10H,3-4H2,1-2H3,(H,11,12)(H,13,14)/t5?,6-/m0/s1. The molecule has 0 heterocycles. The van der Waals surface area contributed by atoms with Crippen LogP contribution in [0.4, 0.5) is 0 Å². The number of esters is 1. The SMILES string of the molecule is COC(=O)C(C)S(=O)(=O)N[C@@H](CCC(=O)O)C(=O)O. The Morgan fingerprint density at radius 1 is 1.26 bits per heavy atom. The summed E-state index contributed by atoms with van der Waals surface area (Å²) >= 11 is 0. The van der Waals surface area contributed by atoms with Gasteiger partial charge in [-0.1, -0.05) is 0 Å². The minimum Gasteiger partial charge on any atom is -0.481 e. The molecule has 0 rings (SSSR count). The first-order valence-corrected chi connectivity index (χ1v) is 6.70. The van der Waals surface area contributed by atoms with Crippen LogP contribution in [0.2, 0.25) is 0 Å². The second-order valence-electron chi connectivity index (χ2n) is 3.65. The average Bonchev–Trinajstić information content (AvgIpc) is 2.31. The lowest BCUT2D eigenvalue weighted by molar-refractivity contribution is -0.141. The predicted octanol–water partition coefficient (Wildman–Crippen LogP) is -1.21. The van der Waals surface area contributed by atoms with E-state index in [1.807, 2.05) is 0 Å². The van der Waals surface area contributed by atoms with E-state index in [9.17, 15) is 22.8 Å². The Balaban J connectivity index is 4.88. The van der Waals surface area contributed by atoms with Gasteiger partial charge in [-0.15, -0.1) is 0 Å². The quantitative estimate of drug-likeness (QED) is 0.472. The van der Waals surface area contributed by atoms with Crippen molar-refractivity contribution in [2.75, 3.05) is 7.11 Å². The largest absolute Gasteiger partial charge is 0.481 e. The molecule has 0 spiro atoms. The molecule has 1 unspecified atom stereocenters. The van der Waals surface area contributed by atoms with E-state index in [0.717, 1.165) is 14.0 Å². The Hall–Kier alpha value is -1.68. The van der Waals surface area contributed by atoms with Gasteiger partial charge in [0.15, 0.2) is 5.25 Å². The van der Waals surface area contributed by atoms with Gasteiger partial charge in [-0.05, 0) is 13.3 Å². The van der Waals surface area contributed by atoms with E-state index in [4.69, 9.17) is 10.2 Å². The highest BCUT2D eigenvalue weighted by molar-refractivity contribution is 7.90. The van der Waals surface area contributed by atoms with E-state index in [0.29, 0.717) is 0 Å². The van der Waals surface area contributed by atoms with E-state index in [2.05, 4.69) is 4.74 Å². The molecule has 0 aromatic carbocycles. The van der Waals surface area contributed by atoms with Gasteiger partial charge in [-0.2, -0.15) is 0 Å². The smallest absolute Gasteiger partial charge is 0.325 e. The number of methoxy groups -OCH3 is 1. The summed E-state index contributed by atoms with van der Waals surface area (Å²) in [5.74, 6) is -3.83. The van der Waals surface area contributed by atoms with Crippen LogP contribution in [0.15, 0.2) is 0 Å². The highest BCUT2D eigenvalue weighted by Gasteiger charge is 2.33. The zero-order valence-corrected chi connectivity index (χ0v) is 11.1. The van der Waals surface area contributed by atoms with E-state index in [-0.39, 0.29) is 0 Å². The van der Waals surface area contributed by atoms with Crippen molar-refractivity contribution in [3.63, 3.8) is 0 Å². The molecule has 0 radical (unpaired) electrons. The Morgan fingerprint density at radius 2 is 1.79 bits per heavy atom. The first-order chi connectivity index (χ1) is 8.61. The van der Waals surface area contributed by atoms with E-state index < -0.39 is 52.1 Å². The van der Waals surface area contributed by atoms with Crippen LogP contribution in [-0.4, -0.2) is 54.9 Å². The molecule has 0 bridgehead atoms. The van der Waals surface area contributed by atoms with Gasteiger partial charge in [0.25, 0.3) is 0 Å². The Labute approximate surface area is 109 Å². The monoisotopic (exact) mass is 297 g/mol. The topological polar surface area (TPSA) is 147 Å². The fourth-order valence-corrected chi connectivity index (χ4v) is 2.26. The molecule has 0 aromatic heterocycles. The van der Waals surface area contributed by atoms with Gasteiger partial charge in [-0.25, -0.2) is 13.1 Å². The van der Waals surface area contributed by atoms with Crippen LogP contribution >= 0.6 is 0 Å². The fourth-order valence-electron chi connectivity index (χ4n) is 1.09. The summed E-state index contributed by atoms with van der Waals surface area (Å²) in [6.07, 6.45) is -0.954. The molecule has 19 heavy (non-hydrogen) atoms. The van der Waals surface area contributed by atoms with Crippen molar-refractivity contribution >= 4 is 27.9 Å². The van der Waals surface area contributed by atoms with E-state index >= 15 is 0 Å². The third-order valence-corrected chi connectivity index (χ3v) is 3.99. The molecule has 0 saturated heterocycles. The van der Waals surface area contributed by atoms with Crippen molar-refractivity contribution in [3.8, 4) is 0 Å². The third-order valence-electron chi connectivity index (χ3n) is 2.25. The zero-order valence-electron chi connectivity index (χ0n) is 10.3. The summed E-state index contributed by atoms with van der Waals surface area (Å²) < 4.78 is 29.3. The number of nitrogens with one attached hydrogen (secondary N) is 1. The van der Waals surface area contributed by atoms with Crippen molar-refractivity contribution in [2.45, 2.75) is 31.1 Å². The van der Waals surface area contributed by atoms with Crippen molar-refractivity contribution in [1.29, 1.82) is 0 Å². The molecule has 9 nitrogen and oxygen atoms in total. The number of ether oxygens (including phenoxy) is 1. The molecule has 110 valence electrons. The van der Waals surface area contributed by atoms with Crippen LogP contribution in [0, 0.1) is 0 Å². The zero-order chi connectivity index (χ0) is 15.2. The number of carbonyl (C=O) groups is 3. The third kappa shape index (κ3) is 5.66. The lowest BCUT2D eigenvalue weighted by atomic mass is 10.2. The lowest BCUT2D eigenvalue weighted by Crippen LogP contribution is -2.46. The molecule has 10 heteroatoms. The maximum Gasteiger partial charge on any atom is 0.325 e. The second-order valence-corrected chi connectivity index (χ2v) is 5.68. The van der Waals surface area contributed by atoms with Gasteiger partial charge in [-0.3, -0.25) is 14.4 Å². The summed E-state index contributed by atoms with van der Waals surface area (Å²) in [7, 11) is -3.27. The van der Waals surface area contributed by atoms with Gasteiger partial charge in [0.2, 0.25) is 10.0 Å². The maximum atomic E-state index is 11.7. The lowest BCUT2D eigenvalue weighted by Gasteiger charge is -2.16. The first kappa shape index (κ1) is 17.3. The molecule has 0 aromatic rings. The minimum absolute atomic E-state index is 0.433. The molecule has 0 aliphatic heterocycles. The summed E-state index contributed by atoms with van der Waals surface area (Å²) in [5.41, 5.74) is 0. The highest BCUT2D eigenvalue weighted by Crippen LogP contribution is 2.06. The minimum atomic E-state index is -4.26.